The molecule has 0 spiro atoms. The van der Waals surface area contributed by atoms with Crippen LogP contribution in [-0.4, -0.2) is 20.8 Å². The van der Waals surface area contributed by atoms with Crippen LogP contribution in [-0.2, 0) is 13.1 Å². The molecule has 0 aliphatic heterocycles. The van der Waals surface area contributed by atoms with Crippen molar-refractivity contribution in [2.75, 3.05) is 0 Å². The van der Waals surface area contributed by atoms with Crippen molar-refractivity contribution in [3.05, 3.63) is 12.2 Å². The highest BCUT2D eigenvalue weighted by molar-refractivity contribution is 4.86. The van der Waals surface area contributed by atoms with Gasteiger partial charge in [0.25, 0.3) is 0 Å². The minimum atomic E-state index is 0.680. The fraction of sp³-hybridized carbons (Fsp3) is 0.857. The van der Waals surface area contributed by atoms with Crippen LogP contribution < -0.4 is 5.32 Å². The Kier molecular flexibility index (Phi) is 5.17. The lowest BCUT2D eigenvalue weighted by molar-refractivity contribution is 0.283. The van der Waals surface area contributed by atoms with Crippen LogP contribution in [0.5, 0.6) is 0 Å². The van der Waals surface area contributed by atoms with Gasteiger partial charge in [-0.3, -0.25) is 0 Å². The average molecular weight is 250 g/mol. The monoisotopic (exact) mass is 250 g/mol. The molecular formula is C14H26N4. The molecule has 0 saturated heterocycles. The predicted molar refractivity (Wildman–Crippen MR) is 73.2 cm³/mol. The first-order valence-electron chi connectivity index (χ1n) is 7.43. The largest absolute Gasteiger partial charge is 0.307 e. The molecule has 2 rings (SSSR count). The lowest BCUT2D eigenvalue weighted by Crippen LogP contribution is -2.33. The molecule has 0 radical (unpaired) electrons. The summed E-state index contributed by atoms with van der Waals surface area (Å²) in [5.41, 5.74) is 0. The van der Waals surface area contributed by atoms with Crippen molar-refractivity contribution < 1.29 is 0 Å². The summed E-state index contributed by atoms with van der Waals surface area (Å²) in [6.07, 6.45) is 9.53. The second-order valence-corrected chi connectivity index (χ2v) is 5.41. The van der Waals surface area contributed by atoms with Crippen LogP contribution in [0, 0.1) is 5.92 Å². The highest BCUT2D eigenvalue weighted by atomic mass is 15.3. The number of aromatic nitrogens is 3. The molecule has 1 aliphatic rings. The Morgan fingerprint density at radius 1 is 1.28 bits per heavy atom. The molecule has 1 heterocycles. The van der Waals surface area contributed by atoms with E-state index in [4.69, 9.17) is 0 Å². The number of nitrogens with one attached hydrogen (secondary N) is 1. The topological polar surface area (TPSA) is 42.7 Å². The van der Waals surface area contributed by atoms with Gasteiger partial charge in [-0.05, 0) is 38.0 Å². The Bertz CT molecular complexity index is 339. The molecule has 1 fully saturated rings. The van der Waals surface area contributed by atoms with Crippen LogP contribution in [0.1, 0.15) is 58.2 Å². The first-order chi connectivity index (χ1) is 8.83. The van der Waals surface area contributed by atoms with E-state index in [-0.39, 0.29) is 0 Å². The van der Waals surface area contributed by atoms with Gasteiger partial charge in [-0.15, -0.1) is 0 Å². The zero-order valence-corrected chi connectivity index (χ0v) is 11.7. The third kappa shape index (κ3) is 3.55. The second-order valence-electron chi connectivity index (χ2n) is 5.41. The molecule has 1 aromatic rings. The van der Waals surface area contributed by atoms with Crippen LogP contribution in [0.25, 0.3) is 0 Å². The van der Waals surface area contributed by atoms with Gasteiger partial charge in [0.15, 0.2) is 0 Å². The Morgan fingerprint density at radius 3 is 2.72 bits per heavy atom. The molecule has 0 amide bonds. The van der Waals surface area contributed by atoms with Gasteiger partial charge < -0.3 is 5.32 Å². The normalized spacial score (nSPS) is 24.3. The minimum Gasteiger partial charge on any atom is -0.307 e. The molecule has 1 N–H and O–H groups in total. The van der Waals surface area contributed by atoms with Gasteiger partial charge in [-0.1, -0.05) is 20.3 Å². The van der Waals surface area contributed by atoms with Gasteiger partial charge in [-0.25, -0.2) is 9.67 Å². The maximum Gasteiger partial charge on any atom is 0.140 e. The van der Waals surface area contributed by atoms with Gasteiger partial charge in [0.2, 0.25) is 0 Å². The van der Waals surface area contributed by atoms with E-state index in [1.165, 1.54) is 32.1 Å². The number of rotatable bonds is 6. The van der Waals surface area contributed by atoms with Crippen LogP contribution in [0.4, 0.5) is 0 Å². The molecule has 1 saturated carbocycles. The van der Waals surface area contributed by atoms with E-state index in [1.54, 1.807) is 6.33 Å². The highest BCUT2D eigenvalue weighted by Gasteiger charge is 2.19. The van der Waals surface area contributed by atoms with Crippen molar-refractivity contribution in [1.29, 1.82) is 0 Å². The average Bonchev–Trinajstić information content (AvgIpc) is 2.85. The zero-order chi connectivity index (χ0) is 12.8. The summed E-state index contributed by atoms with van der Waals surface area (Å²) in [5.74, 6) is 2.04. The third-order valence-electron chi connectivity index (χ3n) is 4.10. The summed E-state index contributed by atoms with van der Waals surface area (Å²) in [6, 6.07) is 0.680. The summed E-state index contributed by atoms with van der Waals surface area (Å²) in [6.45, 7) is 6.32. The lowest BCUT2D eigenvalue weighted by atomic mass is 9.84. The molecule has 102 valence electrons. The Hall–Kier alpha value is -0.900. The Labute approximate surface area is 110 Å². The molecule has 1 aromatic heterocycles. The van der Waals surface area contributed by atoms with E-state index < -0.39 is 0 Å². The van der Waals surface area contributed by atoms with Crippen molar-refractivity contribution in [3.8, 4) is 0 Å². The third-order valence-corrected chi connectivity index (χ3v) is 4.10. The second kappa shape index (κ2) is 6.88. The molecule has 0 atom stereocenters. The summed E-state index contributed by atoms with van der Waals surface area (Å²) < 4.78 is 2.02. The number of aryl methyl sites for hydroxylation is 1. The quantitative estimate of drug-likeness (QED) is 0.844. The molecular weight excluding hydrogens is 224 g/mol. The number of nitrogens with zero attached hydrogens (tertiary/aromatic N) is 3. The van der Waals surface area contributed by atoms with Gasteiger partial charge in [0, 0.05) is 12.6 Å². The molecule has 4 heteroatoms. The van der Waals surface area contributed by atoms with Crippen molar-refractivity contribution in [1.82, 2.24) is 20.1 Å². The van der Waals surface area contributed by atoms with E-state index in [1.807, 2.05) is 4.68 Å². The zero-order valence-electron chi connectivity index (χ0n) is 11.7. The molecule has 18 heavy (non-hydrogen) atoms. The summed E-state index contributed by atoms with van der Waals surface area (Å²) in [7, 11) is 0. The fourth-order valence-corrected chi connectivity index (χ4v) is 2.83. The van der Waals surface area contributed by atoms with Gasteiger partial charge >= 0.3 is 0 Å². The minimum absolute atomic E-state index is 0.680. The van der Waals surface area contributed by atoms with Crippen molar-refractivity contribution in [3.63, 3.8) is 0 Å². The fourth-order valence-electron chi connectivity index (χ4n) is 2.83. The molecule has 4 nitrogen and oxygen atoms in total. The lowest BCUT2D eigenvalue weighted by Gasteiger charge is -2.28. The Balaban J connectivity index is 1.76. The maximum absolute atomic E-state index is 4.34. The summed E-state index contributed by atoms with van der Waals surface area (Å²) in [4.78, 5) is 4.34. The first kappa shape index (κ1) is 13.5. The SMILES string of the molecule is CCCn1ncnc1CNC1CCC(CC)CC1. The summed E-state index contributed by atoms with van der Waals surface area (Å²) >= 11 is 0. The molecule has 0 aromatic carbocycles. The van der Waals surface area contributed by atoms with Gasteiger partial charge in [0.1, 0.15) is 12.2 Å². The van der Waals surface area contributed by atoms with Gasteiger partial charge in [0.05, 0.1) is 6.54 Å². The number of hydrogen-bond donors (Lipinski definition) is 1. The summed E-state index contributed by atoms with van der Waals surface area (Å²) in [5, 5.41) is 7.90. The van der Waals surface area contributed by atoms with Crippen LogP contribution >= 0.6 is 0 Å². The Morgan fingerprint density at radius 2 is 2.06 bits per heavy atom. The van der Waals surface area contributed by atoms with E-state index in [9.17, 15) is 0 Å². The van der Waals surface area contributed by atoms with E-state index in [0.29, 0.717) is 6.04 Å². The standard InChI is InChI=1S/C14H26N4/c1-3-9-18-14(16-11-17-18)10-15-13-7-5-12(4-2)6-8-13/h11-13,15H,3-10H2,1-2H3. The van der Waals surface area contributed by atoms with E-state index >= 15 is 0 Å². The molecule has 0 bridgehead atoms. The van der Waals surface area contributed by atoms with Crippen LogP contribution in [0.15, 0.2) is 6.33 Å². The van der Waals surface area contributed by atoms with Crippen molar-refractivity contribution in [2.45, 2.75) is 71.5 Å². The van der Waals surface area contributed by atoms with E-state index in [2.05, 4.69) is 29.2 Å². The molecule has 1 aliphatic carbocycles. The van der Waals surface area contributed by atoms with Crippen molar-refractivity contribution in [2.24, 2.45) is 5.92 Å². The first-order valence-corrected chi connectivity index (χ1v) is 7.43. The van der Waals surface area contributed by atoms with Gasteiger partial charge in [-0.2, -0.15) is 5.10 Å². The predicted octanol–water partition coefficient (Wildman–Crippen LogP) is 2.75. The highest BCUT2D eigenvalue weighted by Crippen LogP contribution is 2.26. The van der Waals surface area contributed by atoms with Crippen LogP contribution in [0.3, 0.4) is 0 Å². The number of hydrogen-bond acceptors (Lipinski definition) is 3. The maximum atomic E-state index is 4.34. The molecule has 0 unspecified atom stereocenters. The smallest absolute Gasteiger partial charge is 0.140 e. The van der Waals surface area contributed by atoms with E-state index in [0.717, 1.165) is 31.3 Å². The van der Waals surface area contributed by atoms with Crippen molar-refractivity contribution >= 4 is 0 Å². The van der Waals surface area contributed by atoms with Crippen LogP contribution in [0.2, 0.25) is 0 Å².